The van der Waals surface area contributed by atoms with Crippen molar-refractivity contribution in [3.63, 3.8) is 0 Å². The van der Waals surface area contributed by atoms with E-state index in [0.29, 0.717) is 6.42 Å². The Morgan fingerprint density at radius 3 is 2.89 bits per heavy atom. The zero-order valence-corrected chi connectivity index (χ0v) is 16.3. The number of urea groups is 1. The molecule has 4 amide bonds. The lowest BCUT2D eigenvalue weighted by molar-refractivity contribution is -0.137. The molecule has 2 fully saturated rings. The number of rotatable bonds is 3. The van der Waals surface area contributed by atoms with Crippen molar-refractivity contribution >= 4 is 23.5 Å². The predicted molar refractivity (Wildman–Crippen MR) is 105 cm³/mol. The number of hydrogen-bond acceptors (Lipinski definition) is 4. The van der Waals surface area contributed by atoms with Gasteiger partial charge in [-0.05, 0) is 61.3 Å². The number of carbonyl (C=O) groups is 3. The van der Waals surface area contributed by atoms with Gasteiger partial charge in [-0.1, -0.05) is 25.8 Å². The molecular formula is C21H28N4O3. The maximum atomic E-state index is 13.0. The van der Waals surface area contributed by atoms with E-state index in [-0.39, 0.29) is 30.3 Å². The van der Waals surface area contributed by atoms with Gasteiger partial charge in [-0.2, -0.15) is 0 Å². The quantitative estimate of drug-likeness (QED) is 0.549. The lowest BCUT2D eigenvalue weighted by atomic mass is 9.73. The Kier molecular flexibility index (Phi) is 4.77. The molecule has 1 saturated heterocycles. The first-order chi connectivity index (χ1) is 13.4. The lowest BCUT2D eigenvalue weighted by Crippen LogP contribution is -2.54. The molecule has 1 aromatic rings. The molecular weight excluding hydrogens is 356 g/mol. The van der Waals surface area contributed by atoms with Gasteiger partial charge in [-0.25, -0.2) is 4.79 Å². The average Bonchev–Trinajstić information content (AvgIpc) is 2.89. The Morgan fingerprint density at radius 2 is 2.11 bits per heavy atom. The highest BCUT2D eigenvalue weighted by atomic mass is 16.2. The zero-order valence-electron chi connectivity index (χ0n) is 16.3. The third-order valence-electron chi connectivity index (χ3n) is 6.62. The van der Waals surface area contributed by atoms with E-state index in [1.807, 2.05) is 25.1 Å². The molecule has 0 bridgehead atoms. The Hall–Kier alpha value is -2.57. The summed E-state index contributed by atoms with van der Waals surface area (Å²) in [5.74, 6) is -0.475. The summed E-state index contributed by atoms with van der Waals surface area (Å²) in [6, 6.07) is 5.20. The number of nitrogens with zero attached hydrogens (tertiary/aromatic N) is 1. The van der Waals surface area contributed by atoms with E-state index in [4.69, 9.17) is 5.73 Å². The van der Waals surface area contributed by atoms with E-state index in [1.165, 1.54) is 0 Å². The minimum atomic E-state index is -0.829. The van der Waals surface area contributed by atoms with Crippen LogP contribution in [0.5, 0.6) is 0 Å². The molecule has 150 valence electrons. The van der Waals surface area contributed by atoms with Crippen LogP contribution in [0.3, 0.4) is 0 Å². The third kappa shape index (κ3) is 3.12. The number of carbonyl (C=O) groups excluding carboxylic acids is 3. The normalized spacial score (nSPS) is 29.5. The fourth-order valence-corrected chi connectivity index (χ4v) is 5.01. The number of fused-ring (bicyclic) bond motifs is 1. The van der Waals surface area contributed by atoms with Crippen molar-refractivity contribution < 1.29 is 14.4 Å². The number of nitrogens with one attached hydrogen (secondary N) is 2. The second kappa shape index (κ2) is 7.11. The van der Waals surface area contributed by atoms with E-state index in [9.17, 15) is 14.4 Å². The van der Waals surface area contributed by atoms with Crippen LogP contribution in [0.1, 0.15) is 62.6 Å². The fraction of sp³-hybridized carbons (Fsp3) is 0.571. The van der Waals surface area contributed by atoms with E-state index in [2.05, 4.69) is 10.6 Å². The third-order valence-corrected chi connectivity index (χ3v) is 6.62. The number of amides is 4. The molecule has 1 heterocycles. The van der Waals surface area contributed by atoms with Crippen molar-refractivity contribution in [2.24, 2.45) is 5.92 Å². The molecule has 3 unspecified atom stereocenters. The van der Waals surface area contributed by atoms with Crippen LogP contribution in [0, 0.1) is 5.92 Å². The highest BCUT2D eigenvalue weighted by Crippen LogP contribution is 2.38. The molecule has 1 saturated carbocycles. The number of imide groups is 1. The number of nitrogens with two attached hydrogens (primary N) is 1. The first-order valence-corrected chi connectivity index (χ1v) is 10.2. The molecule has 3 aliphatic rings. The maximum absolute atomic E-state index is 13.0. The second-order valence-electron chi connectivity index (χ2n) is 8.41. The Labute approximate surface area is 165 Å². The van der Waals surface area contributed by atoms with E-state index in [0.717, 1.165) is 60.2 Å². The van der Waals surface area contributed by atoms with E-state index in [1.54, 1.807) is 0 Å². The molecule has 3 atom stereocenters. The van der Waals surface area contributed by atoms with Gasteiger partial charge in [-0.15, -0.1) is 0 Å². The summed E-state index contributed by atoms with van der Waals surface area (Å²) in [6.45, 7) is 1.77. The van der Waals surface area contributed by atoms with Gasteiger partial charge in [0.25, 0.3) is 5.91 Å². The fourth-order valence-electron chi connectivity index (χ4n) is 5.01. The standard InChI is InChI=1S/C21H28N4O3/c1-13-5-2-3-10-21(13)19(27)25(20(28)24-21)12-18(26)23-17-7-4-6-14-11-15(22)8-9-16(14)17/h8-9,11,13,17H,2-7,10,12,22H2,1H3,(H,23,26)(H,24,28). The highest BCUT2D eigenvalue weighted by Gasteiger charge is 2.55. The first kappa shape index (κ1) is 18.8. The minimum absolute atomic E-state index is 0.0847. The Balaban J connectivity index is 1.45. The molecule has 1 aromatic carbocycles. The smallest absolute Gasteiger partial charge is 0.325 e. The Morgan fingerprint density at radius 1 is 1.29 bits per heavy atom. The zero-order chi connectivity index (χ0) is 19.9. The van der Waals surface area contributed by atoms with Crippen molar-refractivity contribution in [2.75, 3.05) is 12.3 Å². The van der Waals surface area contributed by atoms with Crippen LogP contribution in [0.25, 0.3) is 0 Å². The van der Waals surface area contributed by atoms with Gasteiger partial charge < -0.3 is 16.4 Å². The molecule has 28 heavy (non-hydrogen) atoms. The monoisotopic (exact) mass is 384 g/mol. The molecule has 0 aromatic heterocycles. The van der Waals surface area contributed by atoms with Crippen molar-refractivity contribution in [3.05, 3.63) is 29.3 Å². The molecule has 4 rings (SSSR count). The van der Waals surface area contributed by atoms with Crippen LogP contribution in [-0.2, 0) is 16.0 Å². The number of nitrogen functional groups attached to an aromatic ring is 1. The lowest BCUT2D eigenvalue weighted by Gasteiger charge is -2.36. The molecule has 1 aliphatic heterocycles. The minimum Gasteiger partial charge on any atom is -0.399 e. The van der Waals surface area contributed by atoms with Gasteiger partial charge in [0, 0.05) is 5.69 Å². The molecule has 7 nitrogen and oxygen atoms in total. The molecule has 1 spiro atoms. The van der Waals surface area contributed by atoms with Gasteiger partial charge in [0.15, 0.2) is 0 Å². The van der Waals surface area contributed by atoms with Crippen molar-refractivity contribution in [3.8, 4) is 0 Å². The van der Waals surface area contributed by atoms with Crippen molar-refractivity contribution in [1.82, 2.24) is 15.5 Å². The van der Waals surface area contributed by atoms with Crippen LogP contribution in [0.15, 0.2) is 18.2 Å². The van der Waals surface area contributed by atoms with Crippen LogP contribution in [-0.4, -0.2) is 34.8 Å². The largest absolute Gasteiger partial charge is 0.399 e. The van der Waals surface area contributed by atoms with Gasteiger partial charge in [0.05, 0.1) is 6.04 Å². The van der Waals surface area contributed by atoms with E-state index >= 15 is 0 Å². The summed E-state index contributed by atoms with van der Waals surface area (Å²) >= 11 is 0. The summed E-state index contributed by atoms with van der Waals surface area (Å²) < 4.78 is 0. The topological polar surface area (TPSA) is 105 Å². The van der Waals surface area contributed by atoms with Crippen molar-refractivity contribution in [2.45, 2.75) is 63.5 Å². The SMILES string of the molecule is CC1CCCCC12NC(=O)N(CC(=O)NC1CCCc3cc(N)ccc31)C2=O. The maximum Gasteiger partial charge on any atom is 0.325 e. The van der Waals surface area contributed by atoms with E-state index < -0.39 is 11.6 Å². The number of aryl methyl sites for hydroxylation is 1. The van der Waals surface area contributed by atoms with Crippen molar-refractivity contribution in [1.29, 1.82) is 0 Å². The molecule has 7 heteroatoms. The summed E-state index contributed by atoms with van der Waals surface area (Å²) in [5, 5.41) is 5.90. The van der Waals surface area contributed by atoms with Gasteiger partial charge in [-0.3, -0.25) is 14.5 Å². The summed E-state index contributed by atoms with van der Waals surface area (Å²) in [7, 11) is 0. The van der Waals surface area contributed by atoms with Gasteiger partial charge >= 0.3 is 6.03 Å². The summed E-state index contributed by atoms with van der Waals surface area (Å²) in [4.78, 5) is 39.2. The average molecular weight is 384 g/mol. The number of hydrogen-bond donors (Lipinski definition) is 3. The van der Waals surface area contributed by atoms with Gasteiger partial charge in [0.1, 0.15) is 12.1 Å². The highest BCUT2D eigenvalue weighted by molar-refractivity contribution is 6.09. The summed E-state index contributed by atoms with van der Waals surface area (Å²) in [6.07, 6.45) is 6.29. The van der Waals surface area contributed by atoms with Gasteiger partial charge in [0.2, 0.25) is 5.91 Å². The molecule has 0 radical (unpaired) electrons. The van der Waals surface area contributed by atoms with Crippen LogP contribution in [0.4, 0.5) is 10.5 Å². The number of benzene rings is 1. The Bertz CT molecular complexity index is 824. The predicted octanol–water partition coefficient (Wildman–Crippen LogP) is 2.26. The van der Waals surface area contributed by atoms with Crippen LogP contribution in [0.2, 0.25) is 0 Å². The van der Waals surface area contributed by atoms with Crippen LogP contribution >= 0.6 is 0 Å². The summed E-state index contributed by atoms with van der Waals surface area (Å²) in [5.41, 5.74) is 7.99. The molecule has 2 aliphatic carbocycles. The number of anilines is 1. The first-order valence-electron chi connectivity index (χ1n) is 10.2. The second-order valence-corrected chi connectivity index (χ2v) is 8.41. The molecule has 4 N–H and O–H groups in total. The van der Waals surface area contributed by atoms with Crippen LogP contribution < -0.4 is 16.4 Å².